The van der Waals surface area contributed by atoms with Crippen molar-refractivity contribution in [2.75, 3.05) is 17.5 Å². The van der Waals surface area contributed by atoms with Gasteiger partial charge in [0, 0.05) is 10.0 Å². The van der Waals surface area contributed by atoms with Crippen LogP contribution >= 0.6 is 23.2 Å². The first-order valence-electron chi connectivity index (χ1n) is 9.89. The van der Waals surface area contributed by atoms with Crippen LogP contribution in [0.2, 0.25) is 10.0 Å². The number of anilines is 1. The average Bonchev–Trinajstić information content (AvgIpc) is 2.78. The van der Waals surface area contributed by atoms with Gasteiger partial charge in [-0.1, -0.05) is 47.5 Å². The zero-order valence-electron chi connectivity index (χ0n) is 17.6. The number of para-hydroxylation sites is 2. The molecule has 0 saturated carbocycles. The van der Waals surface area contributed by atoms with Gasteiger partial charge in [0.05, 0.1) is 23.4 Å². The molecule has 10 heteroatoms. The largest absolute Gasteiger partial charge is 0.492 e. The summed E-state index contributed by atoms with van der Waals surface area (Å²) < 4.78 is 33.5. The molecule has 0 atom stereocenters. The number of hydrogen-bond donors (Lipinski definition) is 1. The summed E-state index contributed by atoms with van der Waals surface area (Å²) in [6, 6.07) is 19.2. The van der Waals surface area contributed by atoms with Crippen molar-refractivity contribution in [2.45, 2.75) is 11.8 Å². The first kappa shape index (κ1) is 24.6. The number of amides is 1. The number of halogens is 2. The molecule has 0 radical (unpaired) electrons. The fraction of sp³-hybridized carbons (Fsp3) is 0.130. The van der Waals surface area contributed by atoms with E-state index in [0.717, 1.165) is 4.31 Å². The van der Waals surface area contributed by atoms with Crippen LogP contribution in [0, 0.1) is 0 Å². The molecule has 0 aromatic heterocycles. The Morgan fingerprint density at radius 2 is 1.76 bits per heavy atom. The lowest BCUT2D eigenvalue weighted by Crippen LogP contribution is -2.39. The summed E-state index contributed by atoms with van der Waals surface area (Å²) in [6.07, 6.45) is 1.41. The van der Waals surface area contributed by atoms with Crippen molar-refractivity contribution in [1.82, 2.24) is 5.43 Å². The van der Waals surface area contributed by atoms with E-state index in [2.05, 4.69) is 10.5 Å². The van der Waals surface area contributed by atoms with Crippen molar-refractivity contribution >= 4 is 51.0 Å². The Labute approximate surface area is 202 Å². The van der Waals surface area contributed by atoms with Crippen LogP contribution < -0.4 is 14.5 Å². The van der Waals surface area contributed by atoms with Crippen molar-refractivity contribution < 1.29 is 17.9 Å². The number of ether oxygens (including phenoxy) is 1. The fourth-order valence-electron chi connectivity index (χ4n) is 2.91. The average molecular weight is 506 g/mol. The van der Waals surface area contributed by atoms with Crippen molar-refractivity contribution in [3.8, 4) is 5.75 Å². The Hall–Kier alpha value is -3.07. The summed E-state index contributed by atoms with van der Waals surface area (Å²) in [5.74, 6) is -0.315. The van der Waals surface area contributed by atoms with Crippen molar-refractivity contribution in [3.05, 3.63) is 88.4 Å². The molecule has 0 saturated heterocycles. The van der Waals surface area contributed by atoms with Crippen molar-refractivity contribution in [1.29, 1.82) is 0 Å². The maximum atomic E-state index is 13.5. The molecular formula is C23H21Cl2N3O4S. The van der Waals surface area contributed by atoms with Gasteiger partial charge in [-0.25, -0.2) is 13.8 Å². The molecule has 3 rings (SSSR count). The highest BCUT2D eigenvalue weighted by Crippen LogP contribution is 2.32. The van der Waals surface area contributed by atoms with Crippen LogP contribution in [0.4, 0.5) is 5.69 Å². The lowest BCUT2D eigenvalue weighted by Gasteiger charge is -2.25. The number of rotatable bonds is 9. The van der Waals surface area contributed by atoms with Gasteiger partial charge < -0.3 is 4.74 Å². The van der Waals surface area contributed by atoms with Gasteiger partial charge >= 0.3 is 0 Å². The van der Waals surface area contributed by atoms with E-state index in [-0.39, 0.29) is 10.6 Å². The van der Waals surface area contributed by atoms with Crippen molar-refractivity contribution in [2.24, 2.45) is 5.10 Å². The molecule has 0 bridgehead atoms. The number of benzene rings is 3. The van der Waals surface area contributed by atoms with Gasteiger partial charge in [-0.3, -0.25) is 9.10 Å². The van der Waals surface area contributed by atoms with Crippen LogP contribution in [0.5, 0.6) is 5.75 Å². The van der Waals surface area contributed by atoms with Gasteiger partial charge in [-0.05, 0) is 61.0 Å². The van der Waals surface area contributed by atoms with Crippen molar-refractivity contribution in [3.63, 3.8) is 0 Å². The number of hydrazone groups is 1. The highest BCUT2D eigenvalue weighted by Gasteiger charge is 2.29. The second-order valence-electron chi connectivity index (χ2n) is 6.71. The molecule has 0 fully saturated rings. The predicted octanol–water partition coefficient (Wildman–Crippen LogP) is 4.74. The number of sulfonamides is 1. The van der Waals surface area contributed by atoms with Crippen LogP contribution in [-0.4, -0.2) is 33.7 Å². The van der Waals surface area contributed by atoms with Gasteiger partial charge in [-0.2, -0.15) is 5.10 Å². The second kappa shape index (κ2) is 11.2. The maximum Gasteiger partial charge on any atom is 0.264 e. The third-order valence-electron chi connectivity index (χ3n) is 4.37. The fourth-order valence-corrected chi connectivity index (χ4v) is 4.66. The molecule has 1 N–H and O–H groups in total. The lowest BCUT2D eigenvalue weighted by atomic mass is 10.2. The lowest BCUT2D eigenvalue weighted by molar-refractivity contribution is -0.119. The van der Waals surface area contributed by atoms with E-state index in [9.17, 15) is 13.2 Å². The van der Waals surface area contributed by atoms with E-state index in [1.165, 1.54) is 30.5 Å². The van der Waals surface area contributed by atoms with Crippen LogP contribution in [0.1, 0.15) is 12.5 Å². The Morgan fingerprint density at radius 1 is 1.03 bits per heavy atom. The highest BCUT2D eigenvalue weighted by atomic mass is 35.5. The minimum absolute atomic E-state index is 0.0200. The third kappa shape index (κ3) is 6.47. The van der Waals surface area contributed by atoms with Gasteiger partial charge in [0.2, 0.25) is 0 Å². The molecule has 0 aliphatic heterocycles. The Morgan fingerprint density at radius 3 is 2.45 bits per heavy atom. The molecular weight excluding hydrogens is 485 g/mol. The molecule has 0 spiro atoms. The van der Waals surface area contributed by atoms with E-state index in [0.29, 0.717) is 28.0 Å². The highest BCUT2D eigenvalue weighted by molar-refractivity contribution is 7.92. The minimum Gasteiger partial charge on any atom is -0.492 e. The molecule has 33 heavy (non-hydrogen) atoms. The van der Waals surface area contributed by atoms with Crippen LogP contribution in [0.3, 0.4) is 0 Å². The summed E-state index contributed by atoms with van der Waals surface area (Å²) in [6.45, 7) is 1.58. The summed E-state index contributed by atoms with van der Waals surface area (Å²) in [5, 5.41) is 4.82. The SMILES string of the molecule is CCOc1ccccc1N(CC(=O)N/N=C\c1cccc(Cl)c1)S(=O)(=O)c1ccc(Cl)cc1. The van der Waals surface area contributed by atoms with Crippen LogP contribution in [0.25, 0.3) is 0 Å². The second-order valence-corrected chi connectivity index (χ2v) is 9.45. The summed E-state index contributed by atoms with van der Waals surface area (Å²) in [4.78, 5) is 12.6. The van der Waals surface area contributed by atoms with E-state index < -0.39 is 22.5 Å². The zero-order valence-corrected chi connectivity index (χ0v) is 19.9. The number of nitrogens with zero attached hydrogens (tertiary/aromatic N) is 2. The molecule has 0 aliphatic rings. The van der Waals surface area contributed by atoms with Crippen LogP contribution in [0.15, 0.2) is 82.8 Å². The maximum absolute atomic E-state index is 13.5. The van der Waals surface area contributed by atoms with Gasteiger partial charge in [0.25, 0.3) is 15.9 Å². The first-order valence-corrected chi connectivity index (χ1v) is 12.1. The Bertz CT molecular complexity index is 1250. The summed E-state index contributed by atoms with van der Waals surface area (Å²) >= 11 is 11.8. The molecule has 3 aromatic carbocycles. The molecule has 1 amide bonds. The molecule has 7 nitrogen and oxygen atoms in total. The monoisotopic (exact) mass is 505 g/mol. The normalized spacial score (nSPS) is 11.4. The predicted molar refractivity (Wildman–Crippen MR) is 131 cm³/mol. The van der Waals surface area contributed by atoms with Gasteiger partial charge in [-0.15, -0.1) is 0 Å². The van der Waals surface area contributed by atoms with E-state index in [4.69, 9.17) is 27.9 Å². The molecule has 0 heterocycles. The van der Waals surface area contributed by atoms with E-state index in [1.807, 2.05) is 0 Å². The van der Waals surface area contributed by atoms with Gasteiger partial charge in [0.15, 0.2) is 0 Å². The smallest absolute Gasteiger partial charge is 0.264 e. The summed E-state index contributed by atoms with van der Waals surface area (Å²) in [7, 11) is -4.13. The number of carbonyl (C=O) groups excluding carboxylic acids is 1. The standard InChI is InChI=1S/C23H21Cl2N3O4S/c1-2-32-22-9-4-3-8-21(22)28(33(30,31)20-12-10-18(24)11-13-20)16-23(29)27-26-15-17-6-5-7-19(25)14-17/h3-15H,2,16H2,1H3,(H,27,29)/b26-15-. The van der Waals surface area contributed by atoms with Crippen LogP contribution in [-0.2, 0) is 14.8 Å². The third-order valence-corrected chi connectivity index (χ3v) is 6.64. The Balaban J connectivity index is 1.90. The molecule has 172 valence electrons. The van der Waals surface area contributed by atoms with E-state index >= 15 is 0 Å². The molecule has 3 aromatic rings. The minimum atomic E-state index is -4.13. The zero-order chi connectivity index (χ0) is 23.8. The quantitative estimate of drug-likeness (QED) is 0.336. The Kier molecular flexibility index (Phi) is 8.32. The topological polar surface area (TPSA) is 88.1 Å². The number of carbonyl (C=O) groups is 1. The summed E-state index contributed by atoms with van der Waals surface area (Å²) in [5.41, 5.74) is 3.26. The first-order chi connectivity index (χ1) is 15.8. The molecule has 0 aliphatic carbocycles. The number of nitrogens with one attached hydrogen (secondary N) is 1. The van der Waals surface area contributed by atoms with E-state index in [1.54, 1.807) is 55.5 Å². The van der Waals surface area contributed by atoms with Gasteiger partial charge in [0.1, 0.15) is 12.3 Å². The molecule has 0 unspecified atom stereocenters. The number of hydrogen-bond acceptors (Lipinski definition) is 5.